The summed E-state index contributed by atoms with van der Waals surface area (Å²) in [4.78, 5) is 11.9. The fourth-order valence-corrected chi connectivity index (χ4v) is 2.67. The summed E-state index contributed by atoms with van der Waals surface area (Å²) in [5.74, 6) is 0.341. The minimum Gasteiger partial charge on any atom is -0.328 e. The number of hydrogen-bond donors (Lipinski definition) is 1. The quantitative estimate of drug-likeness (QED) is 0.837. The second-order valence-electron chi connectivity index (χ2n) is 5.54. The van der Waals surface area contributed by atoms with Crippen LogP contribution in [0.2, 0.25) is 0 Å². The van der Waals surface area contributed by atoms with Gasteiger partial charge in [-0.3, -0.25) is 4.79 Å². The number of benzene rings is 1. The van der Waals surface area contributed by atoms with E-state index in [2.05, 4.69) is 18.2 Å². The molecule has 0 spiro atoms. The standard InChI is InChI=1S/C16H23NO/c1-12(17)4-2-7-16(18)11-13-8-9-14-5-3-6-15(14)10-13/h8-10,12H,2-7,11,17H2,1H3. The van der Waals surface area contributed by atoms with Gasteiger partial charge in [0.1, 0.15) is 5.78 Å². The van der Waals surface area contributed by atoms with Gasteiger partial charge in [0.15, 0.2) is 0 Å². The number of Topliss-reactive ketones (excluding diaryl/α,β-unsaturated/α-hetero) is 1. The lowest BCUT2D eigenvalue weighted by atomic mass is 10.00. The highest BCUT2D eigenvalue weighted by Gasteiger charge is 2.12. The number of fused-ring (bicyclic) bond motifs is 1. The first kappa shape index (κ1) is 13.3. The van der Waals surface area contributed by atoms with Crippen molar-refractivity contribution in [1.82, 2.24) is 0 Å². The van der Waals surface area contributed by atoms with E-state index in [1.54, 1.807) is 0 Å². The predicted octanol–water partition coefficient (Wildman–Crippen LogP) is 2.80. The third-order valence-electron chi connectivity index (χ3n) is 3.68. The minimum atomic E-state index is 0.206. The largest absolute Gasteiger partial charge is 0.328 e. The average molecular weight is 245 g/mol. The van der Waals surface area contributed by atoms with Crippen LogP contribution in [0, 0.1) is 0 Å². The summed E-state index contributed by atoms with van der Waals surface area (Å²) in [6.07, 6.45) is 6.77. The molecular formula is C16H23NO. The van der Waals surface area contributed by atoms with Gasteiger partial charge in [-0.1, -0.05) is 18.2 Å². The smallest absolute Gasteiger partial charge is 0.137 e. The van der Waals surface area contributed by atoms with Gasteiger partial charge in [0.2, 0.25) is 0 Å². The van der Waals surface area contributed by atoms with E-state index >= 15 is 0 Å². The molecule has 0 saturated heterocycles. The van der Waals surface area contributed by atoms with Crippen LogP contribution in [-0.4, -0.2) is 11.8 Å². The number of hydrogen-bond acceptors (Lipinski definition) is 2. The molecule has 0 saturated carbocycles. The molecule has 0 amide bonds. The van der Waals surface area contributed by atoms with Crippen molar-refractivity contribution < 1.29 is 4.79 Å². The molecule has 0 heterocycles. The molecule has 2 nitrogen and oxygen atoms in total. The number of rotatable bonds is 6. The average Bonchev–Trinajstić information content (AvgIpc) is 2.75. The van der Waals surface area contributed by atoms with Crippen molar-refractivity contribution in [1.29, 1.82) is 0 Å². The molecule has 0 aliphatic heterocycles. The maximum Gasteiger partial charge on any atom is 0.137 e. The van der Waals surface area contributed by atoms with Gasteiger partial charge in [0.25, 0.3) is 0 Å². The van der Waals surface area contributed by atoms with E-state index in [-0.39, 0.29) is 6.04 Å². The Labute approximate surface area is 110 Å². The fourth-order valence-electron chi connectivity index (χ4n) is 2.67. The molecule has 2 N–H and O–H groups in total. The fraction of sp³-hybridized carbons (Fsp3) is 0.562. The molecule has 0 fully saturated rings. The zero-order valence-electron chi connectivity index (χ0n) is 11.2. The highest BCUT2D eigenvalue weighted by molar-refractivity contribution is 5.80. The van der Waals surface area contributed by atoms with Crippen molar-refractivity contribution >= 4 is 5.78 Å². The zero-order chi connectivity index (χ0) is 13.0. The van der Waals surface area contributed by atoms with E-state index in [9.17, 15) is 4.79 Å². The first-order valence-corrected chi connectivity index (χ1v) is 7.03. The lowest BCUT2D eigenvalue weighted by molar-refractivity contribution is -0.118. The van der Waals surface area contributed by atoms with Crippen LogP contribution in [-0.2, 0) is 24.1 Å². The lowest BCUT2D eigenvalue weighted by Gasteiger charge is -2.06. The molecule has 1 aliphatic carbocycles. The van der Waals surface area contributed by atoms with Crippen molar-refractivity contribution in [3.05, 3.63) is 34.9 Å². The molecule has 18 heavy (non-hydrogen) atoms. The zero-order valence-corrected chi connectivity index (χ0v) is 11.2. The van der Waals surface area contributed by atoms with Crippen LogP contribution < -0.4 is 5.73 Å². The van der Waals surface area contributed by atoms with Gasteiger partial charge in [-0.15, -0.1) is 0 Å². The number of ketones is 1. The topological polar surface area (TPSA) is 43.1 Å². The van der Waals surface area contributed by atoms with Crippen LogP contribution in [0.3, 0.4) is 0 Å². The Hall–Kier alpha value is -1.15. The molecule has 1 aromatic carbocycles. The molecule has 1 aliphatic rings. The van der Waals surface area contributed by atoms with E-state index in [0.29, 0.717) is 18.6 Å². The summed E-state index contributed by atoms with van der Waals surface area (Å²) in [7, 11) is 0. The molecule has 0 aromatic heterocycles. The van der Waals surface area contributed by atoms with E-state index in [1.165, 1.54) is 36.0 Å². The molecular weight excluding hydrogens is 222 g/mol. The van der Waals surface area contributed by atoms with Gasteiger partial charge >= 0.3 is 0 Å². The Bertz CT molecular complexity index is 423. The maximum atomic E-state index is 11.9. The molecule has 2 heteroatoms. The van der Waals surface area contributed by atoms with Gasteiger partial charge in [-0.25, -0.2) is 0 Å². The monoisotopic (exact) mass is 245 g/mol. The maximum absolute atomic E-state index is 11.9. The molecule has 0 bridgehead atoms. The number of nitrogens with two attached hydrogens (primary N) is 1. The first-order valence-electron chi connectivity index (χ1n) is 7.03. The number of aryl methyl sites for hydroxylation is 2. The van der Waals surface area contributed by atoms with E-state index in [1.807, 2.05) is 6.92 Å². The summed E-state index contributed by atoms with van der Waals surface area (Å²) < 4.78 is 0. The van der Waals surface area contributed by atoms with Crippen molar-refractivity contribution in [2.24, 2.45) is 5.73 Å². The Morgan fingerprint density at radius 1 is 1.33 bits per heavy atom. The van der Waals surface area contributed by atoms with Gasteiger partial charge in [-0.2, -0.15) is 0 Å². The van der Waals surface area contributed by atoms with Crippen molar-refractivity contribution in [2.75, 3.05) is 0 Å². The SMILES string of the molecule is CC(N)CCCC(=O)Cc1ccc2c(c1)CCC2. The van der Waals surface area contributed by atoms with Crippen LogP contribution in [0.5, 0.6) is 0 Å². The number of carbonyl (C=O) groups is 1. The second kappa shape index (κ2) is 6.14. The molecule has 2 rings (SSSR count). The Morgan fingerprint density at radius 2 is 2.11 bits per heavy atom. The van der Waals surface area contributed by atoms with Crippen molar-refractivity contribution in [3.8, 4) is 0 Å². The van der Waals surface area contributed by atoms with Crippen LogP contribution >= 0.6 is 0 Å². The Balaban J connectivity index is 1.84. The summed E-state index contributed by atoms with van der Waals surface area (Å²) in [5, 5.41) is 0. The third kappa shape index (κ3) is 3.67. The molecule has 1 aromatic rings. The van der Waals surface area contributed by atoms with Crippen LogP contribution in [0.1, 0.15) is 49.3 Å². The number of carbonyl (C=O) groups excluding carboxylic acids is 1. The first-order chi connectivity index (χ1) is 8.65. The highest BCUT2D eigenvalue weighted by atomic mass is 16.1. The Morgan fingerprint density at radius 3 is 2.89 bits per heavy atom. The van der Waals surface area contributed by atoms with Gasteiger partial charge in [0.05, 0.1) is 0 Å². The van der Waals surface area contributed by atoms with E-state index < -0.39 is 0 Å². The summed E-state index contributed by atoms with van der Waals surface area (Å²) in [5.41, 5.74) is 9.79. The molecule has 1 atom stereocenters. The van der Waals surface area contributed by atoms with Gasteiger partial charge < -0.3 is 5.73 Å². The molecule has 0 radical (unpaired) electrons. The van der Waals surface area contributed by atoms with Crippen LogP contribution in [0.25, 0.3) is 0 Å². The van der Waals surface area contributed by atoms with Crippen molar-refractivity contribution in [3.63, 3.8) is 0 Å². The third-order valence-corrected chi connectivity index (χ3v) is 3.68. The van der Waals surface area contributed by atoms with Crippen LogP contribution in [0.15, 0.2) is 18.2 Å². The Kier molecular flexibility index (Phi) is 4.54. The van der Waals surface area contributed by atoms with Gasteiger partial charge in [0, 0.05) is 18.9 Å². The van der Waals surface area contributed by atoms with E-state index in [4.69, 9.17) is 5.73 Å². The highest BCUT2D eigenvalue weighted by Crippen LogP contribution is 2.23. The molecule has 98 valence electrons. The second-order valence-corrected chi connectivity index (χ2v) is 5.54. The summed E-state index contributed by atoms with van der Waals surface area (Å²) in [6, 6.07) is 6.75. The lowest BCUT2D eigenvalue weighted by Crippen LogP contribution is -2.15. The summed E-state index contributed by atoms with van der Waals surface area (Å²) >= 11 is 0. The summed E-state index contributed by atoms with van der Waals surface area (Å²) in [6.45, 7) is 1.99. The van der Waals surface area contributed by atoms with Crippen LogP contribution in [0.4, 0.5) is 0 Å². The van der Waals surface area contributed by atoms with Crippen molar-refractivity contribution in [2.45, 2.75) is 57.9 Å². The normalized spacial score (nSPS) is 15.4. The predicted molar refractivity (Wildman–Crippen MR) is 74.7 cm³/mol. The van der Waals surface area contributed by atoms with E-state index in [0.717, 1.165) is 12.8 Å². The minimum absolute atomic E-state index is 0.206. The molecule has 1 unspecified atom stereocenters. The van der Waals surface area contributed by atoms with Gasteiger partial charge in [-0.05, 0) is 55.7 Å².